The van der Waals surface area contributed by atoms with Gasteiger partial charge in [0.05, 0.1) is 31.2 Å². The summed E-state index contributed by atoms with van der Waals surface area (Å²) in [6.07, 6.45) is 4.91. The molecule has 1 aliphatic carbocycles. The van der Waals surface area contributed by atoms with Crippen molar-refractivity contribution in [1.29, 1.82) is 0 Å². The number of morpholine rings is 1. The Kier molecular flexibility index (Phi) is 5.98. The number of carbonyl (C=O) groups excluding carboxylic acids is 1. The summed E-state index contributed by atoms with van der Waals surface area (Å²) in [5.74, 6) is 0.759. The minimum absolute atomic E-state index is 0.0507. The molecule has 2 aromatic rings. The van der Waals surface area contributed by atoms with E-state index in [2.05, 4.69) is 16.4 Å². The molecule has 2 N–H and O–H groups in total. The molecule has 1 saturated heterocycles. The van der Waals surface area contributed by atoms with Gasteiger partial charge in [-0.05, 0) is 38.7 Å². The number of nitrogens with one attached hydrogen (secondary N) is 1. The summed E-state index contributed by atoms with van der Waals surface area (Å²) in [5, 5.41) is 17.9. The van der Waals surface area contributed by atoms with E-state index in [-0.39, 0.29) is 30.6 Å². The van der Waals surface area contributed by atoms with Crippen LogP contribution in [0.2, 0.25) is 0 Å². The summed E-state index contributed by atoms with van der Waals surface area (Å²) in [7, 11) is 1.66. The lowest BCUT2D eigenvalue weighted by atomic mass is 9.85. The number of ether oxygens (including phenoxy) is 2. The largest absolute Gasteiger partial charge is 0.393 e. The van der Waals surface area contributed by atoms with Crippen LogP contribution in [-0.4, -0.2) is 71.2 Å². The molecule has 3 heterocycles. The van der Waals surface area contributed by atoms with E-state index in [1.165, 1.54) is 0 Å². The fourth-order valence-corrected chi connectivity index (χ4v) is 4.23. The Labute approximate surface area is 170 Å². The molecular weight excluding hydrogens is 374 g/mol. The molecule has 158 valence electrons. The van der Waals surface area contributed by atoms with Crippen LogP contribution in [0, 0.1) is 0 Å². The normalized spacial score (nSPS) is 24.1. The molecule has 9 heteroatoms. The molecule has 1 aliphatic heterocycles. The van der Waals surface area contributed by atoms with Gasteiger partial charge in [0.15, 0.2) is 0 Å². The summed E-state index contributed by atoms with van der Waals surface area (Å²) < 4.78 is 12.4. The monoisotopic (exact) mass is 403 g/mol. The maximum atomic E-state index is 12.4. The first-order valence-corrected chi connectivity index (χ1v) is 10.3. The second-order valence-electron chi connectivity index (χ2n) is 7.94. The third-order valence-electron chi connectivity index (χ3n) is 5.71. The summed E-state index contributed by atoms with van der Waals surface area (Å²) in [4.78, 5) is 18.7. The number of fused-ring (bicyclic) bond motifs is 1. The van der Waals surface area contributed by atoms with Crippen molar-refractivity contribution in [3.05, 3.63) is 18.0 Å². The van der Waals surface area contributed by atoms with Crippen LogP contribution in [0.4, 0.5) is 11.6 Å². The van der Waals surface area contributed by atoms with Gasteiger partial charge in [0.25, 0.3) is 5.91 Å². The van der Waals surface area contributed by atoms with E-state index in [4.69, 9.17) is 14.6 Å². The van der Waals surface area contributed by atoms with Crippen molar-refractivity contribution in [1.82, 2.24) is 14.6 Å². The third kappa shape index (κ3) is 4.22. The van der Waals surface area contributed by atoms with E-state index in [1.54, 1.807) is 18.2 Å². The van der Waals surface area contributed by atoms with Crippen LogP contribution in [0.15, 0.2) is 12.3 Å². The molecule has 1 amide bonds. The standard InChI is InChI=1S/C20H29N5O4/c1-13(11-28-2)22-20-21-10-18-17(24-7-8-29-12-19(24)27)9-16(25(18)23-20)14-3-5-15(26)6-4-14/h9-10,13-15,26H,3-8,11-12H2,1-2H3,(H,22,23)/t13-,14-,15-/m0/s1. The Bertz CT molecular complexity index is 862. The smallest absolute Gasteiger partial charge is 0.253 e. The number of hydrogen-bond donors (Lipinski definition) is 2. The fraction of sp³-hybridized carbons (Fsp3) is 0.650. The Morgan fingerprint density at radius 1 is 1.38 bits per heavy atom. The minimum Gasteiger partial charge on any atom is -0.393 e. The van der Waals surface area contributed by atoms with E-state index in [0.717, 1.165) is 42.6 Å². The van der Waals surface area contributed by atoms with Gasteiger partial charge in [-0.3, -0.25) is 4.79 Å². The molecule has 2 fully saturated rings. The zero-order valence-electron chi connectivity index (χ0n) is 17.0. The Hall–Kier alpha value is -2.23. The van der Waals surface area contributed by atoms with E-state index in [9.17, 15) is 9.90 Å². The highest BCUT2D eigenvalue weighted by molar-refractivity contribution is 5.99. The van der Waals surface area contributed by atoms with Gasteiger partial charge in [0, 0.05) is 31.3 Å². The molecule has 0 bridgehead atoms. The molecule has 9 nitrogen and oxygen atoms in total. The molecule has 29 heavy (non-hydrogen) atoms. The second kappa shape index (κ2) is 8.64. The first-order chi connectivity index (χ1) is 14.1. The molecule has 4 rings (SSSR count). The van der Waals surface area contributed by atoms with Crippen LogP contribution in [-0.2, 0) is 14.3 Å². The predicted octanol–water partition coefficient (Wildman–Crippen LogP) is 1.56. The van der Waals surface area contributed by atoms with Crippen LogP contribution < -0.4 is 10.2 Å². The van der Waals surface area contributed by atoms with Gasteiger partial charge in [0.1, 0.15) is 12.1 Å². The van der Waals surface area contributed by atoms with Gasteiger partial charge in [0.2, 0.25) is 5.95 Å². The van der Waals surface area contributed by atoms with Crippen LogP contribution in [0.25, 0.3) is 5.52 Å². The van der Waals surface area contributed by atoms with Gasteiger partial charge in [-0.15, -0.1) is 5.10 Å². The number of aromatic nitrogens is 3. The van der Waals surface area contributed by atoms with Crippen LogP contribution in [0.5, 0.6) is 0 Å². The second-order valence-corrected chi connectivity index (χ2v) is 7.94. The lowest BCUT2D eigenvalue weighted by molar-refractivity contribution is -0.125. The van der Waals surface area contributed by atoms with Crippen LogP contribution in [0.3, 0.4) is 0 Å². The van der Waals surface area contributed by atoms with Gasteiger partial charge in [-0.1, -0.05) is 0 Å². The van der Waals surface area contributed by atoms with Crippen molar-refractivity contribution in [2.45, 2.75) is 50.7 Å². The molecule has 0 aromatic carbocycles. The van der Waals surface area contributed by atoms with Crippen LogP contribution >= 0.6 is 0 Å². The number of methoxy groups -OCH3 is 1. The van der Waals surface area contributed by atoms with E-state index in [0.29, 0.717) is 25.7 Å². The quantitative estimate of drug-likeness (QED) is 0.755. The Morgan fingerprint density at radius 3 is 2.90 bits per heavy atom. The molecule has 0 spiro atoms. The van der Waals surface area contributed by atoms with Crippen molar-refractivity contribution in [3.8, 4) is 0 Å². The maximum absolute atomic E-state index is 12.4. The van der Waals surface area contributed by atoms with Crippen molar-refractivity contribution >= 4 is 23.1 Å². The number of amides is 1. The summed E-state index contributed by atoms with van der Waals surface area (Å²) >= 11 is 0. The highest BCUT2D eigenvalue weighted by Crippen LogP contribution is 2.37. The third-order valence-corrected chi connectivity index (χ3v) is 5.71. The highest BCUT2D eigenvalue weighted by atomic mass is 16.5. The number of carbonyl (C=O) groups is 1. The minimum atomic E-state index is -0.223. The Balaban J connectivity index is 1.73. The SMILES string of the molecule is COC[C@H](C)Nc1ncc2c(N3CCOCC3=O)cc([C@H]3CC[C@H](O)CC3)n2n1. The average molecular weight is 403 g/mol. The number of anilines is 2. The average Bonchev–Trinajstić information content (AvgIpc) is 3.08. The molecule has 1 saturated carbocycles. The van der Waals surface area contributed by atoms with Crippen molar-refractivity contribution in [2.24, 2.45) is 0 Å². The predicted molar refractivity (Wildman–Crippen MR) is 108 cm³/mol. The molecule has 0 radical (unpaired) electrons. The van der Waals surface area contributed by atoms with E-state index < -0.39 is 0 Å². The zero-order valence-corrected chi connectivity index (χ0v) is 17.0. The first kappa shape index (κ1) is 20.1. The van der Waals surface area contributed by atoms with Crippen molar-refractivity contribution < 1.29 is 19.4 Å². The lowest BCUT2D eigenvalue weighted by Crippen LogP contribution is -2.41. The van der Waals surface area contributed by atoms with Crippen LogP contribution in [0.1, 0.15) is 44.2 Å². The van der Waals surface area contributed by atoms with Crippen molar-refractivity contribution in [3.63, 3.8) is 0 Å². The molecule has 2 aliphatic rings. The van der Waals surface area contributed by atoms with Gasteiger partial charge in [-0.25, -0.2) is 9.50 Å². The summed E-state index contributed by atoms with van der Waals surface area (Å²) in [6.45, 7) is 3.69. The first-order valence-electron chi connectivity index (χ1n) is 10.3. The number of aliphatic hydroxyl groups excluding tert-OH is 1. The van der Waals surface area contributed by atoms with Gasteiger partial charge < -0.3 is 24.8 Å². The molecule has 0 unspecified atom stereocenters. The number of hydrogen-bond acceptors (Lipinski definition) is 7. The molecule has 1 atom stereocenters. The highest BCUT2D eigenvalue weighted by Gasteiger charge is 2.29. The molecular formula is C20H29N5O4. The zero-order chi connectivity index (χ0) is 20.4. The van der Waals surface area contributed by atoms with Gasteiger partial charge in [-0.2, -0.15) is 0 Å². The summed E-state index contributed by atoms with van der Waals surface area (Å²) in [5.41, 5.74) is 2.70. The van der Waals surface area contributed by atoms with E-state index in [1.807, 2.05) is 11.4 Å². The number of nitrogens with zero attached hydrogens (tertiary/aromatic N) is 4. The van der Waals surface area contributed by atoms with E-state index >= 15 is 0 Å². The topological polar surface area (TPSA) is 101 Å². The fourth-order valence-electron chi connectivity index (χ4n) is 4.23. The maximum Gasteiger partial charge on any atom is 0.253 e. The Morgan fingerprint density at radius 2 is 2.17 bits per heavy atom. The number of rotatable bonds is 6. The van der Waals surface area contributed by atoms with Crippen molar-refractivity contribution in [2.75, 3.05) is 43.7 Å². The molecule has 2 aromatic heterocycles. The lowest BCUT2D eigenvalue weighted by Gasteiger charge is -2.26. The van der Waals surface area contributed by atoms with Gasteiger partial charge >= 0.3 is 0 Å². The summed E-state index contributed by atoms with van der Waals surface area (Å²) in [6, 6.07) is 2.14. The number of aliphatic hydroxyl groups is 1.